The molecule has 0 unspecified atom stereocenters. The highest BCUT2D eigenvalue weighted by Gasteiger charge is 2.38. The maximum Gasteiger partial charge on any atom is 0.0676 e. The highest BCUT2D eigenvalue weighted by Crippen LogP contribution is 2.36. The predicted molar refractivity (Wildman–Crippen MR) is 74.3 cm³/mol. The van der Waals surface area contributed by atoms with Gasteiger partial charge in [-0.25, -0.2) is 0 Å². The molecule has 2 rings (SSSR count). The first-order valence-electron chi connectivity index (χ1n) is 6.63. The van der Waals surface area contributed by atoms with Crippen LogP contribution in [0, 0.1) is 24.2 Å². The minimum atomic E-state index is 0.116. The largest absolute Gasteiger partial charge is 0.297 e. The van der Waals surface area contributed by atoms with Crippen molar-refractivity contribution >= 4 is 0 Å². The van der Waals surface area contributed by atoms with Crippen LogP contribution in [-0.2, 0) is 0 Å². The molecule has 0 bridgehead atoms. The van der Waals surface area contributed by atoms with Crippen molar-refractivity contribution in [3.8, 4) is 6.07 Å². The summed E-state index contributed by atoms with van der Waals surface area (Å²) in [5.74, 6) is 0.473. The van der Waals surface area contributed by atoms with Crippen molar-refractivity contribution in [2.75, 3.05) is 13.1 Å². The first kappa shape index (κ1) is 13.1. The van der Waals surface area contributed by atoms with E-state index >= 15 is 0 Å². The van der Waals surface area contributed by atoms with Crippen LogP contribution in [0.1, 0.15) is 37.8 Å². The Kier molecular flexibility index (Phi) is 3.45. The van der Waals surface area contributed by atoms with Crippen LogP contribution in [0.5, 0.6) is 0 Å². The summed E-state index contributed by atoms with van der Waals surface area (Å²) in [7, 11) is 0. The molecule has 0 aliphatic carbocycles. The highest BCUT2D eigenvalue weighted by atomic mass is 15.2. The van der Waals surface area contributed by atoms with Gasteiger partial charge in [-0.15, -0.1) is 0 Å². The average molecular weight is 242 g/mol. The van der Waals surface area contributed by atoms with Crippen LogP contribution in [0.3, 0.4) is 0 Å². The lowest BCUT2D eigenvalue weighted by molar-refractivity contribution is 0.170. The summed E-state index contributed by atoms with van der Waals surface area (Å²) >= 11 is 0. The molecule has 0 amide bonds. The minimum Gasteiger partial charge on any atom is -0.297 e. The number of aryl methyl sites for hydroxylation is 1. The third-order valence-electron chi connectivity index (χ3n) is 4.02. The van der Waals surface area contributed by atoms with Crippen molar-refractivity contribution in [2.45, 2.75) is 39.2 Å². The Morgan fingerprint density at radius 3 is 2.44 bits per heavy atom. The molecule has 18 heavy (non-hydrogen) atoms. The van der Waals surface area contributed by atoms with Gasteiger partial charge in [0.15, 0.2) is 0 Å². The summed E-state index contributed by atoms with van der Waals surface area (Å²) in [5.41, 5.74) is 2.79. The van der Waals surface area contributed by atoms with Crippen molar-refractivity contribution in [3.05, 3.63) is 35.4 Å². The van der Waals surface area contributed by atoms with Crippen molar-refractivity contribution in [1.29, 1.82) is 5.26 Å². The van der Waals surface area contributed by atoms with Gasteiger partial charge in [-0.2, -0.15) is 5.26 Å². The van der Waals surface area contributed by atoms with Crippen LogP contribution in [0.25, 0.3) is 0 Å². The van der Waals surface area contributed by atoms with E-state index in [2.05, 4.69) is 62.9 Å². The summed E-state index contributed by atoms with van der Waals surface area (Å²) in [6, 6.07) is 11.0. The van der Waals surface area contributed by atoms with Gasteiger partial charge in [0.05, 0.1) is 12.0 Å². The molecule has 2 heteroatoms. The monoisotopic (exact) mass is 242 g/mol. The topological polar surface area (TPSA) is 27.0 Å². The zero-order valence-corrected chi connectivity index (χ0v) is 11.8. The van der Waals surface area contributed by atoms with Gasteiger partial charge in [-0.05, 0) is 38.8 Å². The smallest absolute Gasteiger partial charge is 0.0676 e. The quantitative estimate of drug-likeness (QED) is 0.755. The average Bonchev–Trinajstić information content (AvgIpc) is 2.73. The lowest BCUT2D eigenvalue weighted by atomic mass is 9.87. The normalized spacial score (nSPS) is 25.1. The number of rotatable bonds is 1. The first-order chi connectivity index (χ1) is 8.43. The molecule has 96 valence electrons. The molecule has 2 atom stereocenters. The molecule has 0 N–H and O–H groups in total. The van der Waals surface area contributed by atoms with Crippen LogP contribution < -0.4 is 0 Å². The fourth-order valence-electron chi connectivity index (χ4n) is 2.80. The molecule has 1 saturated heterocycles. The lowest BCUT2D eigenvalue weighted by Crippen LogP contribution is -2.39. The second-order valence-electron chi connectivity index (χ2n) is 6.27. The van der Waals surface area contributed by atoms with Crippen molar-refractivity contribution < 1.29 is 0 Å². The third-order valence-corrected chi connectivity index (χ3v) is 4.02. The van der Waals surface area contributed by atoms with Crippen LogP contribution in [-0.4, -0.2) is 23.5 Å². The summed E-state index contributed by atoms with van der Waals surface area (Å²) in [4.78, 5) is 2.43. The number of hydrogen-bond donors (Lipinski definition) is 0. The zero-order valence-electron chi connectivity index (χ0n) is 11.8. The zero-order chi connectivity index (χ0) is 13.3. The summed E-state index contributed by atoms with van der Waals surface area (Å²) in [5, 5.41) is 9.40. The van der Waals surface area contributed by atoms with E-state index in [9.17, 15) is 5.26 Å². The number of likely N-dealkylation sites (tertiary alicyclic amines) is 1. The fourth-order valence-corrected chi connectivity index (χ4v) is 2.80. The maximum absolute atomic E-state index is 9.40. The fraction of sp³-hybridized carbons (Fsp3) is 0.562. The van der Waals surface area contributed by atoms with E-state index in [4.69, 9.17) is 0 Å². The highest BCUT2D eigenvalue weighted by molar-refractivity contribution is 5.32. The van der Waals surface area contributed by atoms with Gasteiger partial charge >= 0.3 is 0 Å². The van der Waals surface area contributed by atoms with Crippen molar-refractivity contribution in [3.63, 3.8) is 0 Å². The Labute approximate surface area is 110 Å². The molecule has 1 aromatic rings. The summed E-state index contributed by atoms with van der Waals surface area (Å²) in [6.45, 7) is 10.7. The van der Waals surface area contributed by atoms with Crippen LogP contribution in [0.15, 0.2) is 24.3 Å². The number of nitrogens with zero attached hydrogens (tertiary/aromatic N) is 2. The van der Waals surface area contributed by atoms with Gasteiger partial charge in [0.2, 0.25) is 0 Å². The number of hydrogen-bond acceptors (Lipinski definition) is 2. The lowest BCUT2D eigenvalue weighted by Gasteiger charge is -2.31. The Morgan fingerprint density at radius 2 is 1.89 bits per heavy atom. The standard InChI is InChI=1S/C16H22N2/c1-12-7-5-6-8-14(12)15-11-18(16(2,3)4)10-13(15)9-17/h5-8,13,15H,10-11H2,1-4H3/t13-,15-/m0/s1. The Balaban J connectivity index is 2.29. The molecule has 2 nitrogen and oxygen atoms in total. The molecule has 1 fully saturated rings. The molecule has 0 spiro atoms. The van der Waals surface area contributed by atoms with Crippen molar-refractivity contribution in [2.24, 2.45) is 5.92 Å². The van der Waals surface area contributed by atoms with Gasteiger partial charge < -0.3 is 0 Å². The molecular formula is C16H22N2. The Morgan fingerprint density at radius 1 is 1.22 bits per heavy atom. The van der Waals surface area contributed by atoms with Crippen LogP contribution in [0.2, 0.25) is 0 Å². The second kappa shape index (κ2) is 4.74. The van der Waals surface area contributed by atoms with E-state index in [-0.39, 0.29) is 11.5 Å². The predicted octanol–water partition coefficient (Wildman–Crippen LogP) is 3.33. The summed E-state index contributed by atoms with van der Waals surface area (Å²) < 4.78 is 0. The van der Waals surface area contributed by atoms with E-state index in [0.29, 0.717) is 5.92 Å². The van der Waals surface area contributed by atoms with E-state index < -0.39 is 0 Å². The second-order valence-corrected chi connectivity index (χ2v) is 6.27. The molecule has 0 saturated carbocycles. The van der Waals surface area contributed by atoms with E-state index in [1.54, 1.807) is 0 Å². The Bertz CT molecular complexity index is 465. The third kappa shape index (κ3) is 2.42. The molecule has 0 radical (unpaired) electrons. The molecule has 0 aromatic heterocycles. The van der Waals surface area contributed by atoms with Crippen molar-refractivity contribution in [1.82, 2.24) is 4.90 Å². The SMILES string of the molecule is Cc1ccccc1[C@H]1CN(C(C)(C)C)C[C@@H]1C#N. The van der Waals surface area contributed by atoms with Gasteiger partial charge in [-0.1, -0.05) is 24.3 Å². The minimum absolute atomic E-state index is 0.116. The molecule has 1 heterocycles. The molecule has 1 aromatic carbocycles. The van der Waals surface area contributed by atoms with Gasteiger partial charge in [0, 0.05) is 24.5 Å². The molecular weight excluding hydrogens is 220 g/mol. The van der Waals surface area contributed by atoms with Gasteiger partial charge in [-0.3, -0.25) is 4.90 Å². The van der Waals surface area contributed by atoms with E-state index in [1.165, 1.54) is 11.1 Å². The van der Waals surface area contributed by atoms with Gasteiger partial charge in [0.1, 0.15) is 0 Å². The van der Waals surface area contributed by atoms with Crippen LogP contribution >= 0.6 is 0 Å². The summed E-state index contributed by atoms with van der Waals surface area (Å²) in [6.07, 6.45) is 0. The van der Waals surface area contributed by atoms with E-state index in [0.717, 1.165) is 13.1 Å². The molecule has 1 aliphatic heterocycles. The van der Waals surface area contributed by atoms with Crippen LogP contribution in [0.4, 0.5) is 0 Å². The Hall–Kier alpha value is -1.33. The number of benzene rings is 1. The van der Waals surface area contributed by atoms with Gasteiger partial charge in [0.25, 0.3) is 0 Å². The first-order valence-corrected chi connectivity index (χ1v) is 6.63. The maximum atomic E-state index is 9.40. The molecule has 1 aliphatic rings. The van der Waals surface area contributed by atoms with E-state index in [1.807, 2.05) is 0 Å². The number of nitriles is 1.